The molecule has 1 amide bonds. The second-order valence-corrected chi connectivity index (χ2v) is 14.0. The number of piperidine rings is 1. The molecule has 10 heteroatoms. The smallest absolute Gasteiger partial charge is 0.251 e. The van der Waals surface area contributed by atoms with Crippen molar-refractivity contribution in [1.29, 1.82) is 0 Å². The van der Waals surface area contributed by atoms with Crippen LogP contribution in [0, 0.1) is 11.8 Å². The van der Waals surface area contributed by atoms with Crippen LogP contribution in [0.1, 0.15) is 48.3 Å². The summed E-state index contributed by atoms with van der Waals surface area (Å²) in [7, 11) is -1.91. The van der Waals surface area contributed by atoms with Crippen molar-refractivity contribution >= 4 is 32.5 Å². The molecule has 4 aromatic rings. The van der Waals surface area contributed by atoms with Gasteiger partial charge in [-0.15, -0.1) is 0 Å². The molecular weight excluding hydrogens is 562 g/mol. The van der Waals surface area contributed by atoms with Gasteiger partial charge in [0.25, 0.3) is 5.91 Å². The number of nitrogens with zero attached hydrogens (tertiary/aromatic N) is 4. The maximum Gasteiger partial charge on any atom is 0.251 e. The van der Waals surface area contributed by atoms with Gasteiger partial charge >= 0.3 is 0 Å². The summed E-state index contributed by atoms with van der Waals surface area (Å²) in [6, 6.07) is 16.7. The average Bonchev–Trinajstić information content (AvgIpc) is 3.13. The molecule has 3 aromatic heterocycles. The van der Waals surface area contributed by atoms with Crippen molar-refractivity contribution in [2.24, 2.45) is 11.8 Å². The Labute approximate surface area is 252 Å². The van der Waals surface area contributed by atoms with Gasteiger partial charge in [0.15, 0.2) is 9.84 Å². The first kappa shape index (κ1) is 29.2. The third kappa shape index (κ3) is 6.40. The van der Waals surface area contributed by atoms with E-state index in [1.54, 1.807) is 25.4 Å². The summed E-state index contributed by atoms with van der Waals surface area (Å²) in [5.41, 5.74) is 3.96. The fourth-order valence-corrected chi connectivity index (χ4v) is 7.91. The van der Waals surface area contributed by atoms with Gasteiger partial charge in [-0.25, -0.2) is 18.4 Å². The zero-order chi connectivity index (χ0) is 30.1. The molecular formula is C33H37N5O4S. The Bertz CT molecular complexity index is 1770. The minimum absolute atomic E-state index is 0.00391. The number of hydrogen-bond acceptors (Lipinski definition) is 8. The second kappa shape index (κ2) is 12.0. The average molecular weight is 600 g/mol. The summed E-state index contributed by atoms with van der Waals surface area (Å²) < 4.78 is 31.2. The molecule has 0 saturated carbocycles. The molecule has 0 spiro atoms. The summed E-state index contributed by atoms with van der Waals surface area (Å²) in [4.78, 5) is 30.0. The molecule has 2 aliphatic heterocycles. The van der Waals surface area contributed by atoms with E-state index in [9.17, 15) is 13.2 Å². The lowest BCUT2D eigenvalue weighted by Crippen LogP contribution is -2.39. The number of nitrogens with one attached hydrogen (secondary N) is 1. The molecule has 5 heterocycles. The summed E-state index contributed by atoms with van der Waals surface area (Å²) in [5.74, 6) is 1.87. The number of pyridine rings is 3. The molecule has 3 atom stereocenters. The third-order valence-electron chi connectivity index (χ3n) is 8.40. The Morgan fingerprint density at radius 3 is 2.60 bits per heavy atom. The predicted molar refractivity (Wildman–Crippen MR) is 167 cm³/mol. The Morgan fingerprint density at radius 2 is 1.81 bits per heavy atom. The zero-order valence-electron chi connectivity index (χ0n) is 24.8. The number of benzene rings is 1. The van der Waals surface area contributed by atoms with Gasteiger partial charge in [-0.05, 0) is 79.1 Å². The minimum Gasteiger partial charge on any atom is -0.381 e. The first-order valence-electron chi connectivity index (χ1n) is 14.8. The van der Waals surface area contributed by atoms with Crippen molar-refractivity contribution in [1.82, 2.24) is 20.3 Å². The SMILES string of the molecule is CO[C@@H]1CCS(=O)(=O)c2cc(C(=O)NCc3cc4nc(-c5cccc(N6C[C@H](C)C[C@H](C)C6)n5)ccc4cn3)ccc2C1. The summed E-state index contributed by atoms with van der Waals surface area (Å²) in [6.07, 6.45) is 3.75. The predicted octanol–water partition coefficient (Wildman–Crippen LogP) is 4.84. The highest BCUT2D eigenvalue weighted by Crippen LogP contribution is 2.28. The number of anilines is 1. The molecule has 0 aliphatic carbocycles. The largest absolute Gasteiger partial charge is 0.381 e. The maximum absolute atomic E-state index is 13.0. The van der Waals surface area contributed by atoms with E-state index in [-0.39, 0.29) is 29.2 Å². The van der Waals surface area contributed by atoms with E-state index in [0.717, 1.165) is 41.2 Å². The number of methoxy groups -OCH3 is 1. The lowest BCUT2D eigenvalue weighted by Gasteiger charge is -2.35. The van der Waals surface area contributed by atoms with Crippen molar-refractivity contribution in [2.75, 3.05) is 30.9 Å². The van der Waals surface area contributed by atoms with E-state index in [1.807, 2.05) is 30.3 Å². The summed E-state index contributed by atoms with van der Waals surface area (Å²) in [6.45, 7) is 6.77. The highest BCUT2D eigenvalue weighted by molar-refractivity contribution is 7.91. The van der Waals surface area contributed by atoms with Gasteiger partial charge in [-0.2, -0.15) is 0 Å². The molecule has 0 bridgehead atoms. The van der Waals surface area contributed by atoms with E-state index in [4.69, 9.17) is 14.7 Å². The highest BCUT2D eigenvalue weighted by Gasteiger charge is 2.28. The molecule has 6 rings (SSSR count). The van der Waals surface area contributed by atoms with Crippen LogP contribution in [0.5, 0.6) is 0 Å². The van der Waals surface area contributed by atoms with E-state index in [1.165, 1.54) is 12.5 Å². The number of sulfone groups is 1. The number of rotatable bonds is 6. The topological polar surface area (TPSA) is 114 Å². The standard InChI is InChI=1S/C33H37N5O4S/c1-21-13-22(2)20-38(19-21)32-6-4-5-28(37-32)29-10-9-25-17-34-26(16-30(25)36-29)18-35-33(39)24-8-7-23-14-27(42-3)11-12-43(40,41)31(23)15-24/h4-10,15-17,21-22,27H,11-14,18-20H2,1-3H3,(H,35,39)/t21-,22+,27-/m1/s1. The van der Waals surface area contributed by atoms with Crippen LogP contribution in [0.2, 0.25) is 0 Å². The number of ether oxygens (including phenoxy) is 1. The van der Waals surface area contributed by atoms with Crippen LogP contribution >= 0.6 is 0 Å². The van der Waals surface area contributed by atoms with E-state index >= 15 is 0 Å². The quantitative estimate of drug-likeness (QED) is 0.335. The number of hydrogen-bond donors (Lipinski definition) is 1. The summed E-state index contributed by atoms with van der Waals surface area (Å²) >= 11 is 0. The van der Waals surface area contributed by atoms with Crippen LogP contribution in [0.15, 0.2) is 65.7 Å². The Balaban J connectivity index is 1.18. The lowest BCUT2D eigenvalue weighted by molar-refractivity contribution is 0.0950. The van der Waals surface area contributed by atoms with Crippen LogP contribution in [0.25, 0.3) is 22.3 Å². The monoisotopic (exact) mass is 599 g/mol. The van der Waals surface area contributed by atoms with Crippen LogP contribution in [0.4, 0.5) is 5.82 Å². The van der Waals surface area contributed by atoms with E-state index in [2.05, 4.69) is 35.1 Å². The molecule has 43 heavy (non-hydrogen) atoms. The fourth-order valence-electron chi connectivity index (χ4n) is 6.26. The van der Waals surface area contributed by atoms with Gasteiger partial charge in [0.1, 0.15) is 5.82 Å². The third-order valence-corrected chi connectivity index (χ3v) is 10.2. The molecule has 9 nitrogen and oxygen atoms in total. The highest BCUT2D eigenvalue weighted by atomic mass is 32.2. The van der Waals surface area contributed by atoms with Crippen LogP contribution in [-0.4, -0.2) is 61.3 Å². The van der Waals surface area contributed by atoms with Gasteiger partial charge in [-0.1, -0.05) is 26.0 Å². The molecule has 1 saturated heterocycles. The molecule has 0 radical (unpaired) electrons. The van der Waals surface area contributed by atoms with E-state index < -0.39 is 9.84 Å². The molecule has 2 aliphatic rings. The fraction of sp³-hybridized carbons (Fsp3) is 0.394. The van der Waals surface area contributed by atoms with Crippen molar-refractivity contribution < 1.29 is 17.9 Å². The van der Waals surface area contributed by atoms with Crippen LogP contribution in [-0.2, 0) is 27.5 Å². The van der Waals surface area contributed by atoms with Crippen LogP contribution in [0.3, 0.4) is 0 Å². The van der Waals surface area contributed by atoms with Crippen molar-refractivity contribution in [2.45, 2.75) is 50.7 Å². The van der Waals surface area contributed by atoms with Crippen molar-refractivity contribution in [3.8, 4) is 11.4 Å². The van der Waals surface area contributed by atoms with Crippen molar-refractivity contribution in [3.05, 3.63) is 77.6 Å². The second-order valence-electron chi connectivity index (χ2n) is 12.0. The Morgan fingerprint density at radius 1 is 1.02 bits per heavy atom. The first-order chi connectivity index (χ1) is 20.7. The Kier molecular flexibility index (Phi) is 8.15. The number of aromatic nitrogens is 3. The van der Waals surface area contributed by atoms with Gasteiger partial charge in [0, 0.05) is 37.3 Å². The number of carbonyl (C=O) groups excluding carboxylic acids is 1. The van der Waals surface area contributed by atoms with Crippen LogP contribution < -0.4 is 10.2 Å². The molecule has 224 valence electrons. The lowest BCUT2D eigenvalue weighted by atomic mass is 9.92. The van der Waals surface area contributed by atoms with Gasteiger partial charge < -0.3 is 15.0 Å². The molecule has 1 aromatic carbocycles. The summed E-state index contributed by atoms with van der Waals surface area (Å²) in [5, 5.41) is 3.77. The van der Waals surface area contributed by atoms with Gasteiger partial charge in [-0.3, -0.25) is 9.78 Å². The molecule has 0 unspecified atom stereocenters. The maximum atomic E-state index is 13.0. The Hall–Kier alpha value is -3.89. The normalized spacial score (nSPS) is 21.7. The van der Waals surface area contributed by atoms with E-state index in [0.29, 0.717) is 41.5 Å². The first-order valence-corrected chi connectivity index (χ1v) is 16.5. The minimum atomic E-state index is -3.50. The number of fused-ring (bicyclic) bond motifs is 2. The van der Waals surface area contributed by atoms with Gasteiger partial charge in [0.2, 0.25) is 0 Å². The number of carbonyl (C=O) groups is 1. The molecule has 1 N–H and O–H groups in total. The number of amides is 1. The van der Waals surface area contributed by atoms with Gasteiger partial charge in [0.05, 0.1) is 45.9 Å². The zero-order valence-corrected chi connectivity index (χ0v) is 25.6. The van der Waals surface area contributed by atoms with Crippen molar-refractivity contribution in [3.63, 3.8) is 0 Å². The molecule has 1 fully saturated rings.